The Bertz CT molecular complexity index is 819. The average Bonchev–Trinajstić information content (AvgIpc) is 3.19. The van der Waals surface area contributed by atoms with Crippen molar-refractivity contribution < 1.29 is 14.0 Å². The number of amides is 3. The maximum Gasteiger partial charge on any atom is 0.317 e. The molecule has 3 amide bonds. The van der Waals surface area contributed by atoms with Gasteiger partial charge in [-0.1, -0.05) is 43.4 Å². The minimum absolute atomic E-state index is 0.0857. The average molecular weight is 405 g/mol. The maximum atomic E-state index is 14.0. The Labute approximate surface area is 167 Å². The number of hydrogen-bond acceptors (Lipinski definition) is 5. The normalized spacial score (nSPS) is 15.3. The van der Waals surface area contributed by atoms with Crippen LogP contribution in [-0.2, 0) is 10.2 Å². The van der Waals surface area contributed by atoms with E-state index in [1.165, 1.54) is 17.4 Å². The van der Waals surface area contributed by atoms with Gasteiger partial charge in [-0.2, -0.15) is 0 Å². The zero-order valence-corrected chi connectivity index (χ0v) is 16.8. The van der Waals surface area contributed by atoms with Crippen molar-refractivity contribution in [3.8, 4) is 0 Å². The molecule has 3 rings (SSSR count). The largest absolute Gasteiger partial charge is 0.337 e. The van der Waals surface area contributed by atoms with E-state index in [0.717, 1.165) is 0 Å². The molecule has 0 bridgehead atoms. The number of benzene rings is 1. The summed E-state index contributed by atoms with van der Waals surface area (Å²) in [4.78, 5) is 26.5. The Morgan fingerprint density at radius 1 is 1.29 bits per heavy atom. The first-order valence-corrected chi connectivity index (χ1v) is 10.1. The SMILES string of the molecule is CC(C)(CNC(=O)N1CCC(C(=O)Nc2nncs2)CC1)c1ccccc1F. The number of urea groups is 1. The first kappa shape index (κ1) is 20.2. The predicted octanol–water partition coefficient (Wildman–Crippen LogP) is 3.02. The Balaban J connectivity index is 1.47. The lowest BCUT2D eigenvalue weighted by atomic mass is 9.84. The van der Waals surface area contributed by atoms with Crippen LogP contribution in [0.1, 0.15) is 32.3 Å². The van der Waals surface area contributed by atoms with Crippen molar-refractivity contribution in [3.63, 3.8) is 0 Å². The van der Waals surface area contributed by atoms with Crippen molar-refractivity contribution in [2.75, 3.05) is 25.0 Å². The maximum absolute atomic E-state index is 14.0. The molecule has 1 aliphatic heterocycles. The molecule has 0 spiro atoms. The van der Waals surface area contributed by atoms with Gasteiger partial charge in [-0.3, -0.25) is 4.79 Å². The van der Waals surface area contributed by atoms with Crippen LogP contribution in [0.3, 0.4) is 0 Å². The Hall–Kier alpha value is -2.55. The van der Waals surface area contributed by atoms with Gasteiger partial charge in [-0.15, -0.1) is 10.2 Å². The summed E-state index contributed by atoms with van der Waals surface area (Å²) < 4.78 is 14.0. The molecule has 9 heteroatoms. The standard InChI is InChI=1S/C19H24FN5O2S/c1-19(2,14-5-3-4-6-15(14)20)11-21-18(27)25-9-7-13(8-10-25)16(26)23-17-24-22-12-28-17/h3-6,12-13H,7-11H2,1-2H3,(H,21,27)(H,23,24,26). The van der Waals surface area contributed by atoms with Crippen LogP contribution in [-0.4, -0.2) is 46.7 Å². The molecular formula is C19H24FN5O2S. The number of nitrogens with zero attached hydrogens (tertiary/aromatic N) is 3. The summed E-state index contributed by atoms with van der Waals surface area (Å²) in [6, 6.07) is 6.42. The van der Waals surface area contributed by atoms with Gasteiger partial charge < -0.3 is 15.5 Å². The summed E-state index contributed by atoms with van der Waals surface area (Å²) in [6.07, 6.45) is 1.18. The minimum Gasteiger partial charge on any atom is -0.337 e. The van der Waals surface area contributed by atoms with Gasteiger partial charge in [0.2, 0.25) is 11.0 Å². The van der Waals surface area contributed by atoms with Gasteiger partial charge in [-0.25, -0.2) is 9.18 Å². The number of carbonyl (C=O) groups excluding carboxylic acids is 2. The minimum atomic E-state index is -0.527. The quantitative estimate of drug-likeness (QED) is 0.801. The smallest absolute Gasteiger partial charge is 0.317 e. The molecule has 1 fully saturated rings. The first-order valence-electron chi connectivity index (χ1n) is 9.21. The number of aromatic nitrogens is 2. The van der Waals surface area contributed by atoms with E-state index >= 15 is 0 Å². The molecule has 1 aromatic heterocycles. The lowest BCUT2D eigenvalue weighted by Crippen LogP contribution is -2.48. The molecule has 1 aliphatic rings. The summed E-state index contributed by atoms with van der Waals surface area (Å²) in [5.41, 5.74) is 1.61. The lowest BCUT2D eigenvalue weighted by molar-refractivity contribution is -0.121. The van der Waals surface area contributed by atoms with E-state index in [2.05, 4.69) is 20.8 Å². The van der Waals surface area contributed by atoms with Crippen LogP contribution in [0, 0.1) is 11.7 Å². The highest BCUT2D eigenvalue weighted by molar-refractivity contribution is 7.13. The van der Waals surface area contributed by atoms with Crippen molar-refractivity contribution in [1.82, 2.24) is 20.4 Å². The highest BCUT2D eigenvalue weighted by atomic mass is 32.1. The molecule has 2 heterocycles. The van der Waals surface area contributed by atoms with E-state index in [9.17, 15) is 14.0 Å². The van der Waals surface area contributed by atoms with Crippen molar-refractivity contribution in [2.24, 2.45) is 5.92 Å². The second-order valence-electron chi connectivity index (χ2n) is 7.52. The van der Waals surface area contributed by atoms with E-state index in [0.29, 0.717) is 43.2 Å². The zero-order chi connectivity index (χ0) is 20.1. The molecule has 0 unspecified atom stereocenters. The Morgan fingerprint density at radius 3 is 2.64 bits per heavy atom. The van der Waals surface area contributed by atoms with Crippen LogP contribution in [0.15, 0.2) is 29.8 Å². The van der Waals surface area contributed by atoms with Gasteiger partial charge in [0, 0.05) is 31.0 Å². The molecule has 1 aromatic carbocycles. The summed E-state index contributed by atoms with van der Waals surface area (Å²) in [5.74, 6) is -0.510. The van der Waals surface area contributed by atoms with Crippen LogP contribution >= 0.6 is 11.3 Å². The highest BCUT2D eigenvalue weighted by Gasteiger charge is 2.29. The number of piperidine rings is 1. The molecule has 0 atom stereocenters. The Morgan fingerprint density at radius 2 is 2.00 bits per heavy atom. The monoisotopic (exact) mass is 405 g/mol. The molecule has 0 radical (unpaired) electrons. The zero-order valence-electron chi connectivity index (χ0n) is 15.9. The molecule has 2 N–H and O–H groups in total. The number of carbonyl (C=O) groups is 2. The summed E-state index contributed by atoms with van der Waals surface area (Å²) in [6.45, 7) is 5.12. The molecule has 1 saturated heterocycles. The van der Waals surface area contributed by atoms with Gasteiger partial charge in [0.1, 0.15) is 11.3 Å². The topological polar surface area (TPSA) is 87.2 Å². The van der Waals surface area contributed by atoms with Gasteiger partial charge in [0.05, 0.1) is 0 Å². The third-order valence-electron chi connectivity index (χ3n) is 5.03. The van der Waals surface area contributed by atoms with Crippen molar-refractivity contribution in [2.45, 2.75) is 32.1 Å². The highest BCUT2D eigenvalue weighted by Crippen LogP contribution is 2.25. The van der Waals surface area contributed by atoms with E-state index in [1.54, 1.807) is 28.6 Å². The molecule has 2 aromatic rings. The van der Waals surface area contributed by atoms with Crippen LogP contribution in [0.25, 0.3) is 0 Å². The fourth-order valence-corrected chi connectivity index (χ4v) is 3.74. The number of anilines is 1. The van der Waals surface area contributed by atoms with Crippen LogP contribution in [0.2, 0.25) is 0 Å². The van der Waals surface area contributed by atoms with Crippen molar-refractivity contribution in [3.05, 3.63) is 41.2 Å². The summed E-state index contributed by atoms with van der Waals surface area (Å²) in [5, 5.41) is 13.6. The lowest BCUT2D eigenvalue weighted by Gasteiger charge is -2.33. The van der Waals surface area contributed by atoms with E-state index in [-0.39, 0.29) is 23.7 Å². The molecule has 150 valence electrons. The van der Waals surface area contributed by atoms with Crippen molar-refractivity contribution in [1.29, 1.82) is 0 Å². The van der Waals surface area contributed by atoms with Crippen LogP contribution < -0.4 is 10.6 Å². The Kier molecular flexibility index (Phi) is 6.23. The van der Waals surface area contributed by atoms with E-state index in [4.69, 9.17) is 0 Å². The van der Waals surface area contributed by atoms with Gasteiger partial charge in [0.25, 0.3) is 0 Å². The number of hydrogen-bond donors (Lipinski definition) is 2. The number of likely N-dealkylation sites (tertiary alicyclic amines) is 1. The second kappa shape index (κ2) is 8.64. The van der Waals surface area contributed by atoms with E-state index < -0.39 is 5.41 Å². The fraction of sp³-hybridized carbons (Fsp3) is 0.474. The number of nitrogens with one attached hydrogen (secondary N) is 2. The molecule has 0 saturated carbocycles. The van der Waals surface area contributed by atoms with Crippen molar-refractivity contribution >= 4 is 28.4 Å². The number of halogens is 1. The fourth-order valence-electron chi connectivity index (χ4n) is 3.29. The molecule has 0 aliphatic carbocycles. The van der Waals surface area contributed by atoms with Gasteiger partial charge in [0.15, 0.2) is 0 Å². The third kappa shape index (κ3) is 4.83. The predicted molar refractivity (Wildman–Crippen MR) is 106 cm³/mol. The molecular weight excluding hydrogens is 381 g/mol. The number of rotatable bonds is 5. The van der Waals surface area contributed by atoms with Gasteiger partial charge in [-0.05, 0) is 24.5 Å². The molecule has 7 nitrogen and oxygen atoms in total. The molecule has 28 heavy (non-hydrogen) atoms. The summed E-state index contributed by atoms with van der Waals surface area (Å²) in [7, 11) is 0. The van der Waals surface area contributed by atoms with E-state index in [1.807, 2.05) is 13.8 Å². The third-order valence-corrected chi connectivity index (χ3v) is 5.63. The second-order valence-corrected chi connectivity index (χ2v) is 8.35. The first-order chi connectivity index (χ1) is 13.4. The van der Waals surface area contributed by atoms with Gasteiger partial charge >= 0.3 is 6.03 Å². The van der Waals surface area contributed by atoms with Crippen LogP contribution in [0.4, 0.5) is 14.3 Å². The summed E-state index contributed by atoms with van der Waals surface area (Å²) >= 11 is 1.27. The van der Waals surface area contributed by atoms with Crippen LogP contribution in [0.5, 0.6) is 0 Å².